The number of pyridine rings is 1. The molecule has 1 aliphatic rings. The summed E-state index contributed by atoms with van der Waals surface area (Å²) < 4.78 is 0. The molecular formula is C23H15N3OS. The molecule has 1 saturated heterocycles. The van der Waals surface area contributed by atoms with Crippen molar-refractivity contribution in [1.29, 1.82) is 0 Å². The van der Waals surface area contributed by atoms with Crippen molar-refractivity contribution in [1.82, 2.24) is 10.3 Å². The van der Waals surface area contributed by atoms with Crippen molar-refractivity contribution in [3.8, 4) is 0 Å². The van der Waals surface area contributed by atoms with Gasteiger partial charge in [0, 0.05) is 17.0 Å². The normalized spacial score (nSPS) is 15.6. The van der Waals surface area contributed by atoms with Gasteiger partial charge in [0.15, 0.2) is 5.11 Å². The van der Waals surface area contributed by atoms with Gasteiger partial charge in [-0.1, -0.05) is 54.6 Å². The Kier molecular flexibility index (Phi) is 3.88. The molecule has 1 aliphatic heterocycles. The summed E-state index contributed by atoms with van der Waals surface area (Å²) in [6, 6.07) is 23.8. The van der Waals surface area contributed by atoms with Gasteiger partial charge in [-0.2, -0.15) is 0 Å². The smallest absolute Gasteiger partial charge is 0.281 e. The van der Waals surface area contributed by atoms with Crippen LogP contribution in [-0.2, 0) is 4.79 Å². The molecule has 2 heterocycles. The van der Waals surface area contributed by atoms with Crippen molar-refractivity contribution < 1.29 is 4.79 Å². The van der Waals surface area contributed by atoms with Gasteiger partial charge >= 0.3 is 0 Å². The molecule has 0 bridgehead atoms. The topological polar surface area (TPSA) is 45.2 Å². The number of carbonyl (C=O) groups is 1. The number of anilines is 1. The number of benzene rings is 3. The van der Waals surface area contributed by atoms with E-state index in [1.54, 1.807) is 17.2 Å². The first-order valence-corrected chi connectivity index (χ1v) is 9.32. The molecule has 1 amide bonds. The Morgan fingerprint density at radius 3 is 2.18 bits per heavy atom. The van der Waals surface area contributed by atoms with Crippen LogP contribution >= 0.6 is 12.2 Å². The Labute approximate surface area is 167 Å². The van der Waals surface area contributed by atoms with Crippen LogP contribution in [0.15, 0.2) is 84.7 Å². The Bertz CT molecular complexity index is 1230. The van der Waals surface area contributed by atoms with Gasteiger partial charge in [0.25, 0.3) is 5.91 Å². The summed E-state index contributed by atoms with van der Waals surface area (Å²) in [4.78, 5) is 19.1. The number of rotatable bonds is 2. The molecule has 0 unspecified atom stereocenters. The van der Waals surface area contributed by atoms with E-state index in [1.807, 2.05) is 66.7 Å². The standard InChI is InChI=1S/C23H15N3OS/c27-22-20(14-17-9-5-6-12-24-17)25-23(28)26(22)21-18-10-3-1-7-15(18)13-16-8-2-4-11-19(16)21/h1-14H,(H,25,28)/b20-14-. The van der Waals surface area contributed by atoms with Gasteiger partial charge in [-0.3, -0.25) is 14.7 Å². The van der Waals surface area contributed by atoms with Crippen LogP contribution < -0.4 is 10.2 Å². The number of hydrogen-bond donors (Lipinski definition) is 1. The van der Waals surface area contributed by atoms with E-state index in [9.17, 15) is 4.79 Å². The van der Waals surface area contributed by atoms with Crippen LogP contribution in [0.3, 0.4) is 0 Å². The highest BCUT2D eigenvalue weighted by Crippen LogP contribution is 2.37. The fourth-order valence-electron chi connectivity index (χ4n) is 3.58. The number of thiocarbonyl (C=S) groups is 1. The maximum atomic E-state index is 13.3. The summed E-state index contributed by atoms with van der Waals surface area (Å²) in [6.07, 6.45) is 3.42. The van der Waals surface area contributed by atoms with Gasteiger partial charge in [-0.05, 0) is 47.3 Å². The van der Waals surface area contributed by atoms with Crippen LogP contribution in [0.2, 0.25) is 0 Å². The molecule has 0 atom stereocenters. The lowest BCUT2D eigenvalue weighted by atomic mass is 10.00. The number of aromatic nitrogens is 1. The molecule has 0 saturated carbocycles. The van der Waals surface area contributed by atoms with E-state index in [0.29, 0.717) is 16.5 Å². The molecule has 5 rings (SSSR count). The van der Waals surface area contributed by atoms with E-state index in [1.165, 1.54) is 0 Å². The summed E-state index contributed by atoms with van der Waals surface area (Å²) in [5.41, 5.74) is 1.92. The number of hydrogen-bond acceptors (Lipinski definition) is 3. The Morgan fingerprint density at radius 1 is 0.893 bits per heavy atom. The van der Waals surface area contributed by atoms with Gasteiger partial charge in [0.05, 0.1) is 11.4 Å². The van der Waals surface area contributed by atoms with Crippen LogP contribution in [0.25, 0.3) is 27.6 Å². The lowest BCUT2D eigenvalue weighted by Crippen LogP contribution is -2.30. The number of fused-ring (bicyclic) bond motifs is 2. The minimum absolute atomic E-state index is 0.183. The van der Waals surface area contributed by atoms with E-state index in [0.717, 1.165) is 27.2 Å². The highest BCUT2D eigenvalue weighted by atomic mass is 32.1. The molecule has 1 fully saturated rings. The Balaban J connectivity index is 1.72. The van der Waals surface area contributed by atoms with Crippen LogP contribution in [0, 0.1) is 0 Å². The average Bonchev–Trinajstić information content (AvgIpc) is 3.00. The minimum Gasteiger partial charge on any atom is -0.327 e. The van der Waals surface area contributed by atoms with E-state index in [2.05, 4.69) is 16.4 Å². The van der Waals surface area contributed by atoms with Crippen LogP contribution in [0.1, 0.15) is 5.69 Å². The monoisotopic (exact) mass is 381 g/mol. The zero-order valence-electron chi connectivity index (χ0n) is 14.8. The van der Waals surface area contributed by atoms with Crippen LogP contribution in [-0.4, -0.2) is 16.0 Å². The highest BCUT2D eigenvalue weighted by molar-refractivity contribution is 7.80. The lowest BCUT2D eigenvalue weighted by Gasteiger charge is -2.19. The maximum Gasteiger partial charge on any atom is 0.281 e. The molecule has 4 nitrogen and oxygen atoms in total. The van der Waals surface area contributed by atoms with Crippen LogP contribution in [0.5, 0.6) is 0 Å². The first-order valence-electron chi connectivity index (χ1n) is 8.91. The molecule has 134 valence electrons. The molecule has 1 N–H and O–H groups in total. The zero-order chi connectivity index (χ0) is 19.1. The Hall–Kier alpha value is -3.57. The molecule has 28 heavy (non-hydrogen) atoms. The molecule has 1 aromatic heterocycles. The number of nitrogens with one attached hydrogen (secondary N) is 1. The molecule has 3 aromatic carbocycles. The third kappa shape index (κ3) is 2.64. The fourth-order valence-corrected chi connectivity index (χ4v) is 3.86. The summed E-state index contributed by atoms with van der Waals surface area (Å²) in [5.74, 6) is -0.183. The van der Waals surface area contributed by atoms with E-state index >= 15 is 0 Å². The van der Waals surface area contributed by atoms with Gasteiger partial charge in [-0.15, -0.1) is 0 Å². The van der Waals surface area contributed by atoms with Crippen LogP contribution in [0.4, 0.5) is 5.69 Å². The van der Waals surface area contributed by atoms with Gasteiger partial charge in [0.2, 0.25) is 0 Å². The summed E-state index contributed by atoms with van der Waals surface area (Å²) in [6.45, 7) is 0. The number of nitrogens with zero attached hydrogens (tertiary/aromatic N) is 2. The van der Waals surface area contributed by atoms with E-state index in [-0.39, 0.29) is 5.91 Å². The molecule has 0 radical (unpaired) electrons. The van der Waals surface area contributed by atoms with Gasteiger partial charge < -0.3 is 5.32 Å². The average molecular weight is 381 g/mol. The van der Waals surface area contributed by atoms with Gasteiger partial charge in [-0.25, -0.2) is 0 Å². The highest BCUT2D eigenvalue weighted by Gasteiger charge is 2.34. The molecule has 4 aromatic rings. The first-order chi connectivity index (χ1) is 13.7. The van der Waals surface area contributed by atoms with Crippen molar-refractivity contribution in [2.45, 2.75) is 0 Å². The maximum absolute atomic E-state index is 13.3. The van der Waals surface area contributed by atoms with Crippen molar-refractivity contribution in [2.75, 3.05) is 4.90 Å². The summed E-state index contributed by atoms with van der Waals surface area (Å²) in [5, 5.41) is 7.52. The van der Waals surface area contributed by atoms with E-state index in [4.69, 9.17) is 12.2 Å². The van der Waals surface area contributed by atoms with Crippen molar-refractivity contribution in [2.24, 2.45) is 0 Å². The largest absolute Gasteiger partial charge is 0.327 e. The quantitative estimate of drug-likeness (QED) is 0.312. The van der Waals surface area contributed by atoms with E-state index < -0.39 is 0 Å². The summed E-state index contributed by atoms with van der Waals surface area (Å²) >= 11 is 5.55. The second-order valence-corrected chi connectivity index (χ2v) is 6.94. The SMILES string of the molecule is O=C1/C(=C/c2ccccn2)NC(=S)N1c1c2ccccc2cc2ccccc12. The summed E-state index contributed by atoms with van der Waals surface area (Å²) in [7, 11) is 0. The molecule has 0 spiro atoms. The van der Waals surface area contributed by atoms with Crippen molar-refractivity contribution in [3.63, 3.8) is 0 Å². The predicted molar refractivity (Wildman–Crippen MR) is 117 cm³/mol. The third-order valence-electron chi connectivity index (χ3n) is 4.82. The number of amides is 1. The van der Waals surface area contributed by atoms with Gasteiger partial charge in [0.1, 0.15) is 5.70 Å². The third-order valence-corrected chi connectivity index (χ3v) is 5.11. The van der Waals surface area contributed by atoms with Crippen molar-refractivity contribution >= 4 is 56.5 Å². The molecular weight excluding hydrogens is 366 g/mol. The lowest BCUT2D eigenvalue weighted by molar-refractivity contribution is -0.113. The predicted octanol–water partition coefficient (Wildman–Crippen LogP) is 4.65. The molecule has 5 heteroatoms. The number of carbonyl (C=O) groups excluding carboxylic acids is 1. The first kappa shape index (κ1) is 16.6. The second kappa shape index (κ2) is 6.55. The minimum atomic E-state index is -0.183. The fraction of sp³-hybridized carbons (Fsp3) is 0. The molecule has 0 aliphatic carbocycles. The second-order valence-electron chi connectivity index (χ2n) is 6.55. The zero-order valence-corrected chi connectivity index (χ0v) is 15.6. The van der Waals surface area contributed by atoms with Crippen molar-refractivity contribution in [3.05, 3.63) is 90.4 Å². The Morgan fingerprint density at radius 2 is 1.54 bits per heavy atom.